The second-order valence-corrected chi connectivity index (χ2v) is 5.18. The number of alkyl halides is 2. The van der Waals surface area contributed by atoms with E-state index in [-0.39, 0.29) is 6.04 Å². The van der Waals surface area contributed by atoms with Gasteiger partial charge >= 0.3 is 0 Å². The molecule has 0 radical (unpaired) electrons. The summed E-state index contributed by atoms with van der Waals surface area (Å²) in [6, 6.07) is 6.58. The summed E-state index contributed by atoms with van der Waals surface area (Å²) in [6.45, 7) is 7.03. The molecule has 20 heavy (non-hydrogen) atoms. The Morgan fingerprint density at radius 3 is 2.35 bits per heavy atom. The molecule has 0 saturated carbocycles. The lowest BCUT2D eigenvalue weighted by molar-refractivity contribution is 0.0143. The van der Waals surface area contributed by atoms with Gasteiger partial charge in [0.25, 0.3) is 6.43 Å². The Morgan fingerprint density at radius 2 is 1.80 bits per heavy atom. The fourth-order valence-corrected chi connectivity index (χ4v) is 2.29. The van der Waals surface area contributed by atoms with Crippen LogP contribution in [-0.2, 0) is 4.74 Å². The van der Waals surface area contributed by atoms with E-state index < -0.39 is 13.0 Å². The summed E-state index contributed by atoms with van der Waals surface area (Å²) < 4.78 is 29.1. The zero-order chi connectivity index (χ0) is 15.0. The highest BCUT2D eigenvalue weighted by Gasteiger charge is 2.12. The van der Waals surface area contributed by atoms with E-state index in [0.29, 0.717) is 13.0 Å². The van der Waals surface area contributed by atoms with Gasteiger partial charge in [-0.25, -0.2) is 8.78 Å². The van der Waals surface area contributed by atoms with Gasteiger partial charge in [-0.1, -0.05) is 36.2 Å². The number of rotatable bonds is 9. The van der Waals surface area contributed by atoms with Crippen molar-refractivity contribution in [3.8, 4) is 0 Å². The molecule has 0 aliphatic rings. The van der Waals surface area contributed by atoms with E-state index in [1.165, 1.54) is 16.7 Å². The van der Waals surface area contributed by atoms with Crippen molar-refractivity contribution in [2.75, 3.05) is 19.8 Å². The molecule has 0 saturated heterocycles. The topological polar surface area (TPSA) is 21.3 Å². The van der Waals surface area contributed by atoms with Gasteiger partial charge in [-0.2, -0.15) is 0 Å². The Hall–Kier alpha value is -1.00. The molecule has 114 valence electrons. The molecule has 1 rings (SSSR count). The van der Waals surface area contributed by atoms with Crippen LogP contribution >= 0.6 is 0 Å². The number of aryl methyl sites for hydroxylation is 2. The Labute approximate surface area is 120 Å². The molecule has 0 fully saturated rings. The molecule has 1 unspecified atom stereocenters. The highest BCUT2D eigenvalue weighted by atomic mass is 19.3. The van der Waals surface area contributed by atoms with E-state index in [1.54, 1.807) is 0 Å². The third kappa shape index (κ3) is 6.44. The number of hydrogen-bond acceptors (Lipinski definition) is 2. The molecule has 0 bridgehead atoms. The van der Waals surface area contributed by atoms with Crippen molar-refractivity contribution in [3.63, 3.8) is 0 Å². The van der Waals surface area contributed by atoms with Crippen LogP contribution in [0, 0.1) is 13.8 Å². The van der Waals surface area contributed by atoms with Gasteiger partial charge in [0.05, 0.1) is 0 Å². The molecule has 0 amide bonds. The standard InChI is InChI=1S/C16H25F2NO/c1-4-6-19-15(5-7-20-11-16(17)18)14-9-12(2)8-13(3)10-14/h8-10,15-16,19H,4-7,11H2,1-3H3. The molecule has 2 nitrogen and oxygen atoms in total. The predicted molar refractivity (Wildman–Crippen MR) is 78.4 cm³/mol. The lowest BCUT2D eigenvalue weighted by atomic mass is 9.99. The normalized spacial score (nSPS) is 12.9. The van der Waals surface area contributed by atoms with Crippen molar-refractivity contribution in [2.45, 2.75) is 46.1 Å². The molecular formula is C16H25F2NO. The number of halogens is 2. The van der Waals surface area contributed by atoms with Crippen LogP contribution < -0.4 is 5.32 Å². The SMILES string of the molecule is CCCNC(CCOCC(F)F)c1cc(C)cc(C)c1. The first-order valence-corrected chi connectivity index (χ1v) is 7.20. The summed E-state index contributed by atoms with van der Waals surface area (Å²) in [4.78, 5) is 0. The van der Waals surface area contributed by atoms with Crippen molar-refractivity contribution < 1.29 is 13.5 Å². The highest BCUT2D eigenvalue weighted by Crippen LogP contribution is 2.20. The van der Waals surface area contributed by atoms with Crippen LogP contribution in [0.1, 0.15) is 42.5 Å². The van der Waals surface area contributed by atoms with Crippen molar-refractivity contribution in [3.05, 3.63) is 34.9 Å². The molecule has 1 N–H and O–H groups in total. The van der Waals surface area contributed by atoms with E-state index in [4.69, 9.17) is 4.74 Å². The van der Waals surface area contributed by atoms with Gasteiger partial charge in [0.1, 0.15) is 6.61 Å². The smallest absolute Gasteiger partial charge is 0.261 e. The van der Waals surface area contributed by atoms with Crippen molar-refractivity contribution >= 4 is 0 Å². The number of ether oxygens (including phenoxy) is 1. The summed E-state index contributed by atoms with van der Waals surface area (Å²) in [5.74, 6) is 0. The first-order valence-electron chi connectivity index (χ1n) is 7.20. The van der Waals surface area contributed by atoms with Gasteiger partial charge in [-0.05, 0) is 38.8 Å². The van der Waals surface area contributed by atoms with Gasteiger partial charge in [-0.3, -0.25) is 0 Å². The zero-order valence-electron chi connectivity index (χ0n) is 12.6. The third-order valence-corrected chi connectivity index (χ3v) is 3.08. The molecule has 1 atom stereocenters. The molecule has 0 spiro atoms. The van der Waals surface area contributed by atoms with Gasteiger partial charge in [0.15, 0.2) is 0 Å². The predicted octanol–water partition coefficient (Wildman–Crippen LogP) is 4.02. The molecule has 0 heterocycles. The summed E-state index contributed by atoms with van der Waals surface area (Å²) >= 11 is 0. The Balaban J connectivity index is 2.62. The molecular weight excluding hydrogens is 260 g/mol. The van der Waals surface area contributed by atoms with Crippen molar-refractivity contribution in [2.24, 2.45) is 0 Å². The molecule has 0 aliphatic carbocycles. The number of nitrogens with one attached hydrogen (secondary N) is 1. The zero-order valence-corrected chi connectivity index (χ0v) is 12.6. The van der Waals surface area contributed by atoms with E-state index in [0.717, 1.165) is 13.0 Å². The lowest BCUT2D eigenvalue weighted by Crippen LogP contribution is -2.24. The average Bonchev–Trinajstić information content (AvgIpc) is 2.36. The lowest BCUT2D eigenvalue weighted by Gasteiger charge is -2.20. The average molecular weight is 285 g/mol. The Kier molecular flexibility index (Phi) is 7.70. The first-order chi connectivity index (χ1) is 9.52. The van der Waals surface area contributed by atoms with Crippen LogP contribution in [0.3, 0.4) is 0 Å². The molecule has 1 aromatic rings. The van der Waals surface area contributed by atoms with E-state index in [1.807, 2.05) is 0 Å². The highest BCUT2D eigenvalue weighted by molar-refractivity contribution is 5.30. The van der Waals surface area contributed by atoms with Crippen LogP contribution in [-0.4, -0.2) is 26.2 Å². The Morgan fingerprint density at radius 1 is 1.15 bits per heavy atom. The van der Waals surface area contributed by atoms with Crippen LogP contribution in [0.4, 0.5) is 8.78 Å². The summed E-state index contributed by atoms with van der Waals surface area (Å²) in [7, 11) is 0. The van der Waals surface area contributed by atoms with Gasteiger partial charge < -0.3 is 10.1 Å². The monoisotopic (exact) mass is 285 g/mol. The maximum Gasteiger partial charge on any atom is 0.261 e. The summed E-state index contributed by atoms with van der Waals surface area (Å²) in [6.07, 6.45) is -0.646. The second-order valence-electron chi connectivity index (χ2n) is 5.18. The summed E-state index contributed by atoms with van der Waals surface area (Å²) in [5, 5.41) is 3.46. The molecule has 1 aromatic carbocycles. The third-order valence-electron chi connectivity index (χ3n) is 3.08. The van der Waals surface area contributed by atoms with E-state index in [2.05, 4.69) is 44.3 Å². The Bertz CT molecular complexity index is 376. The molecule has 0 aromatic heterocycles. The summed E-state index contributed by atoms with van der Waals surface area (Å²) in [5.41, 5.74) is 3.64. The minimum atomic E-state index is -2.39. The van der Waals surface area contributed by atoms with Crippen LogP contribution in [0.15, 0.2) is 18.2 Å². The fraction of sp³-hybridized carbons (Fsp3) is 0.625. The quantitative estimate of drug-likeness (QED) is 0.692. The van der Waals surface area contributed by atoms with E-state index in [9.17, 15) is 8.78 Å². The second kappa shape index (κ2) is 9.03. The fourth-order valence-electron chi connectivity index (χ4n) is 2.29. The number of hydrogen-bond donors (Lipinski definition) is 1. The maximum absolute atomic E-state index is 12.1. The van der Waals surface area contributed by atoms with Crippen LogP contribution in [0.25, 0.3) is 0 Å². The largest absolute Gasteiger partial charge is 0.375 e. The van der Waals surface area contributed by atoms with Crippen molar-refractivity contribution in [1.29, 1.82) is 0 Å². The van der Waals surface area contributed by atoms with E-state index >= 15 is 0 Å². The maximum atomic E-state index is 12.1. The molecule has 0 aliphatic heterocycles. The van der Waals surface area contributed by atoms with Gasteiger partial charge in [0.2, 0.25) is 0 Å². The molecule has 4 heteroatoms. The van der Waals surface area contributed by atoms with Gasteiger partial charge in [0, 0.05) is 12.6 Å². The van der Waals surface area contributed by atoms with Gasteiger partial charge in [-0.15, -0.1) is 0 Å². The first kappa shape index (κ1) is 17.1. The van der Waals surface area contributed by atoms with Crippen LogP contribution in [0.2, 0.25) is 0 Å². The number of benzene rings is 1. The van der Waals surface area contributed by atoms with Crippen LogP contribution in [0.5, 0.6) is 0 Å². The minimum absolute atomic E-state index is 0.159. The minimum Gasteiger partial charge on any atom is -0.375 e. The van der Waals surface area contributed by atoms with Crippen molar-refractivity contribution in [1.82, 2.24) is 5.32 Å².